The number of rotatable bonds is 7. The molecule has 0 saturated carbocycles. The monoisotopic (exact) mass is 270 g/mol. The third kappa shape index (κ3) is 5.72. The van der Waals surface area contributed by atoms with Gasteiger partial charge in [-0.2, -0.15) is 0 Å². The van der Waals surface area contributed by atoms with Crippen LogP contribution in [0.4, 0.5) is 0 Å². The van der Waals surface area contributed by atoms with Gasteiger partial charge >= 0.3 is 5.97 Å². The van der Waals surface area contributed by atoms with Gasteiger partial charge in [0, 0.05) is 19.4 Å². The van der Waals surface area contributed by atoms with Crippen molar-refractivity contribution in [3.05, 3.63) is 0 Å². The second-order valence-electron chi connectivity index (χ2n) is 5.76. The van der Waals surface area contributed by atoms with Crippen LogP contribution < -0.4 is 10.6 Å². The van der Waals surface area contributed by atoms with Gasteiger partial charge in [0.25, 0.3) is 0 Å². The molecule has 1 aliphatic rings. The highest BCUT2D eigenvalue weighted by Gasteiger charge is 2.27. The highest BCUT2D eigenvalue weighted by atomic mass is 16.4. The van der Waals surface area contributed by atoms with Gasteiger partial charge in [0.05, 0.1) is 0 Å². The van der Waals surface area contributed by atoms with Gasteiger partial charge in [-0.15, -0.1) is 0 Å². The average molecular weight is 270 g/mol. The van der Waals surface area contributed by atoms with Gasteiger partial charge in [-0.3, -0.25) is 14.4 Å². The number of hydrogen-bond acceptors (Lipinski definition) is 3. The molecule has 19 heavy (non-hydrogen) atoms. The molecule has 1 heterocycles. The summed E-state index contributed by atoms with van der Waals surface area (Å²) < 4.78 is 0. The number of nitrogens with one attached hydrogen (secondary N) is 2. The molecule has 1 aliphatic heterocycles. The fourth-order valence-electron chi connectivity index (χ4n) is 2.03. The zero-order valence-corrected chi connectivity index (χ0v) is 11.5. The molecule has 1 fully saturated rings. The summed E-state index contributed by atoms with van der Waals surface area (Å²) in [4.78, 5) is 33.2. The maximum absolute atomic E-state index is 11.7. The Bertz CT molecular complexity index is 366. The van der Waals surface area contributed by atoms with Crippen LogP contribution in [0.1, 0.15) is 46.0 Å². The summed E-state index contributed by atoms with van der Waals surface area (Å²) in [5, 5.41) is 14.0. The number of carbonyl (C=O) groups is 3. The lowest BCUT2D eigenvalue weighted by atomic mass is 9.84. The first-order valence-electron chi connectivity index (χ1n) is 6.59. The molecule has 0 radical (unpaired) electrons. The maximum atomic E-state index is 11.7. The molecule has 0 spiro atoms. The van der Waals surface area contributed by atoms with Crippen LogP contribution in [0.25, 0.3) is 0 Å². The Morgan fingerprint density at radius 1 is 1.42 bits per heavy atom. The lowest BCUT2D eigenvalue weighted by Gasteiger charge is -2.24. The molecular weight excluding hydrogens is 248 g/mol. The Morgan fingerprint density at radius 2 is 2.11 bits per heavy atom. The van der Waals surface area contributed by atoms with Crippen LogP contribution in [-0.2, 0) is 14.4 Å². The summed E-state index contributed by atoms with van der Waals surface area (Å²) in [6, 6.07) is -0.408. The lowest BCUT2D eigenvalue weighted by molar-refractivity contribution is -0.137. The summed E-state index contributed by atoms with van der Waals surface area (Å²) >= 11 is 0. The molecule has 3 N–H and O–H groups in total. The van der Waals surface area contributed by atoms with E-state index < -0.39 is 12.0 Å². The first-order chi connectivity index (χ1) is 8.80. The van der Waals surface area contributed by atoms with E-state index in [4.69, 9.17) is 5.11 Å². The van der Waals surface area contributed by atoms with Gasteiger partial charge in [-0.25, -0.2) is 0 Å². The normalized spacial score (nSPS) is 19.1. The topological polar surface area (TPSA) is 95.5 Å². The fraction of sp³-hybridized carbons (Fsp3) is 0.769. The Labute approximate surface area is 112 Å². The first kappa shape index (κ1) is 15.5. The van der Waals surface area contributed by atoms with Gasteiger partial charge in [-0.05, 0) is 24.7 Å². The molecule has 0 aromatic heterocycles. The molecule has 0 aromatic carbocycles. The Hall–Kier alpha value is -1.59. The third-order valence-electron chi connectivity index (χ3n) is 3.43. The van der Waals surface area contributed by atoms with Crippen LogP contribution in [0, 0.1) is 5.41 Å². The van der Waals surface area contributed by atoms with Crippen LogP contribution in [-0.4, -0.2) is 35.5 Å². The largest absolute Gasteiger partial charge is 0.481 e. The molecule has 1 saturated heterocycles. The van der Waals surface area contributed by atoms with E-state index in [-0.39, 0.29) is 23.7 Å². The van der Waals surface area contributed by atoms with Crippen LogP contribution in [0.3, 0.4) is 0 Å². The fourth-order valence-corrected chi connectivity index (χ4v) is 2.03. The van der Waals surface area contributed by atoms with E-state index in [0.29, 0.717) is 32.2 Å². The van der Waals surface area contributed by atoms with Gasteiger partial charge in [0.2, 0.25) is 11.8 Å². The highest BCUT2D eigenvalue weighted by molar-refractivity contribution is 5.90. The average Bonchev–Trinajstić information content (AvgIpc) is 2.73. The second kappa shape index (κ2) is 6.54. The molecule has 108 valence electrons. The van der Waals surface area contributed by atoms with E-state index in [2.05, 4.69) is 10.6 Å². The number of carboxylic acids is 1. The third-order valence-corrected chi connectivity index (χ3v) is 3.43. The summed E-state index contributed by atoms with van der Waals surface area (Å²) in [7, 11) is 0. The van der Waals surface area contributed by atoms with Crippen LogP contribution in [0.2, 0.25) is 0 Å². The zero-order valence-electron chi connectivity index (χ0n) is 11.5. The van der Waals surface area contributed by atoms with Crippen molar-refractivity contribution in [2.75, 3.05) is 6.54 Å². The molecule has 0 aromatic rings. The Kier molecular flexibility index (Phi) is 5.32. The van der Waals surface area contributed by atoms with Crippen LogP contribution in [0.15, 0.2) is 0 Å². The molecule has 2 amide bonds. The van der Waals surface area contributed by atoms with Gasteiger partial charge in [-0.1, -0.05) is 13.8 Å². The molecule has 1 rings (SSSR count). The maximum Gasteiger partial charge on any atom is 0.303 e. The van der Waals surface area contributed by atoms with Gasteiger partial charge in [0.15, 0.2) is 0 Å². The van der Waals surface area contributed by atoms with Crippen LogP contribution >= 0.6 is 0 Å². The Morgan fingerprint density at radius 3 is 2.63 bits per heavy atom. The van der Waals surface area contributed by atoms with Crippen molar-refractivity contribution in [2.24, 2.45) is 5.41 Å². The first-order valence-corrected chi connectivity index (χ1v) is 6.59. The lowest BCUT2D eigenvalue weighted by Crippen LogP contribution is -2.42. The molecule has 1 atom stereocenters. The van der Waals surface area contributed by atoms with Crippen molar-refractivity contribution in [1.29, 1.82) is 0 Å². The molecule has 6 nitrogen and oxygen atoms in total. The van der Waals surface area contributed by atoms with E-state index in [1.165, 1.54) is 0 Å². The summed E-state index contributed by atoms with van der Waals surface area (Å²) in [6.45, 7) is 4.47. The van der Waals surface area contributed by atoms with Crippen LogP contribution in [0.5, 0.6) is 0 Å². The van der Waals surface area contributed by atoms with E-state index >= 15 is 0 Å². The van der Waals surface area contributed by atoms with Gasteiger partial charge < -0.3 is 15.7 Å². The van der Waals surface area contributed by atoms with Crippen molar-refractivity contribution < 1.29 is 19.5 Å². The zero-order chi connectivity index (χ0) is 14.5. The Balaban J connectivity index is 2.23. The molecule has 6 heteroatoms. The van der Waals surface area contributed by atoms with Crippen molar-refractivity contribution >= 4 is 17.8 Å². The van der Waals surface area contributed by atoms with Crippen molar-refractivity contribution in [1.82, 2.24) is 10.6 Å². The SMILES string of the molecule is CC(C)(CCNC(=O)C1CCC(=O)N1)CCC(=O)O. The number of carboxylic acid groups (broad SMARTS) is 1. The van der Waals surface area contributed by atoms with Crippen molar-refractivity contribution in [3.8, 4) is 0 Å². The minimum absolute atomic E-state index is 0.0815. The van der Waals surface area contributed by atoms with E-state index in [1.54, 1.807) is 0 Å². The number of carbonyl (C=O) groups excluding carboxylic acids is 2. The van der Waals surface area contributed by atoms with Crippen molar-refractivity contribution in [2.45, 2.75) is 52.0 Å². The van der Waals surface area contributed by atoms with E-state index in [9.17, 15) is 14.4 Å². The predicted molar refractivity (Wildman–Crippen MR) is 69.4 cm³/mol. The highest BCUT2D eigenvalue weighted by Crippen LogP contribution is 2.26. The summed E-state index contributed by atoms with van der Waals surface area (Å²) in [6.07, 6.45) is 2.39. The number of hydrogen-bond donors (Lipinski definition) is 3. The van der Waals surface area contributed by atoms with Gasteiger partial charge in [0.1, 0.15) is 6.04 Å². The van der Waals surface area contributed by atoms with E-state index in [1.807, 2.05) is 13.8 Å². The molecular formula is C13H22N2O4. The molecule has 0 bridgehead atoms. The minimum atomic E-state index is -0.800. The predicted octanol–water partition coefficient (Wildman–Crippen LogP) is 0.662. The quantitative estimate of drug-likeness (QED) is 0.633. The van der Waals surface area contributed by atoms with Crippen molar-refractivity contribution in [3.63, 3.8) is 0 Å². The standard InChI is InChI=1S/C13H22N2O4/c1-13(2,6-5-11(17)18)7-8-14-12(19)9-3-4-10(16)15-9/h9H,3-8H2,1-2H3,(H,14,19)(H,15,16)(H,17,18). The number of amides is 2. The summed E-state index contributed by atoms with van der Waals surface area (Å²) in [5.41, 5.74) is -0.120. The smallest absolute Gasteiger partial charge is 0.303 e. The van der Waals surface area contributed by atoms with E-state index in [0.717, 1.165) is 0 Å². The second-order valence-corrected chi connectivity index (χ2v) is 5.76. The number of aliphatic carboxylic acids is 1. The summed E-state index contributed by atoms with van der Waals surface area (Å²) in [5.74, 6) is -1.03. The minimum Gasteiger partial charge on any atom is -0.481 e. The molecule has 0 aliphatic carbocycles. The molecule has 1 unspecified atom stereocenters.